The van der Waals surface area contributed by atoms with Gasteiger partial charge in [0.05, 0.1) is 13.0 Å². The maximum Gasteiger partial charge on any atom is 0.306 e. The van der Waals surface area contributed by atoms with E-state index in [-0.39, 0.29) is 44.5 Å². The van der Waals surface area contributed by atoms with Crippen LogP contribution in [0.4, 0.5) is 0 Å². The van der Waals surface area contributed by atoms with E-state index in [0.717, 1.165) is 12.8 Å². The first-order chi connectivity index (χ1) is 8.93. The Labute approximate surface area is 124 Å². The third-order valence-electron chi connectivity index (χ3n) is 2.78. The van der Waals surface area contributed by atoms with Crippen LogP contribution in [-0.2, 0) is 19.1 Å². The second kappa shape index (κ2) is 13.1. The van der Waals surface area contributed by atoms with Gasteiger partial charge in [0.1, 0.15) is 12.4 Å². The molecule has 0 aliphatic heterocycles. The van der Waals surface area contributed by atoms with Gasteiger partial charge in [0.15, 0.2) is 0 Å². The number of carbonyl (C=O) groups excluding carboxylic acids is 2. The Morgan fingerprint density at radius 1 is 0.950 bits per heavy atom. The van der Waals surface area contributed by atoms with Gasteiger partial charge in [-0.15, -0.1) is 0 Å². The van der Waals surface area contributed by atoms with Crippen LogP contribution in [0.3, 0.4) is 0 Å². The highest BCUT2D eigenvalue weighted by Gasteiger charge is 2.10. The van der Waals surface area contributed by atoms with E-state index in [2.05, 4.69) is 13.8 Å². The highest BCUT2D eigenvalue weighted by Crippen LogP contribution is 2.04. The van der Waals surface area contributed by atoms with Crippen molar-refractivity contribution in [2.24, 2.45) is 11.8 Å². The van der Waals surface area contributed by atoms with Gasteiger partial charge in [-0.05, 0) is 18.8 Å². The summed E-state index contributed by atoms with van der Waals surface area (Å²) in [5.74, 6) is 0.457. The fourth-order valence-corrected chi connectivity index (χ4v) is 1.50. The van der Waals surface area contributed by atoms with Gasteiger partial charge >= 0.3 is 5.97 Å². The first kappa shape index (κ1) is 21.4. The molecule has 0 radical (unpaired) electrons. The van der Waals surface area contributed by atoms with Crippen LogP contribution in [0.2, 0.25) is 0 Å². The van der Waals surface area contributed by atoms with Crippen LogP contribution >= 0.6 is 0 Å². The first-order valence-corrected chi connectivity index (χ1v) is 7.19. The molecular weight excluding hydrogens is 256 g/mol. The van der Waals surface area contributed by atoms with Crippen molar-refractivity contribution in [2.75, 3.05) is 19.8 Å². The van der Waals surface area contributed by atoms with Crippen molar-refractivity contribution in [1.82, 2.24) is 0 Å². The average molecular weight is 288 g/mol. The highest BCUT2D eigenvalue weighted by atomic mass is 16.6. The lowest BCUT2D eigenvalue weighted by Crippen LogP contribution is -2.14. The molecule has 0 aromatic carbocycles. The van der Waals surface area contributed by atoms with Crippen molar-refractivity contribution in [1.29, 1.82) is 0 Å². The number of carbonyl (C=O) groups is 2. The Bertz CT molecular complexity index is 259. The molecule has 0 spiro atoms. The lowest BCUT2D eigenvalue weighted by Gasteiger charge is -2.07. The number of hydrogen-bond donors (Lipinski definition) is 0. The molecule has 0 bridgehead atoms. The molecule has 0 aliphatic carbocycles. The van der Waals surface area contributed by atoms with E-state index in [1.54, 1.807) is 0 Å². The average Bonchev–Trinajstić information content (AvgIpc) is 2.34. The summed E-state index contributed by atoms with van der Waals surface area (Å²) in [6.07, 6.45) is 2.63. The van der Waals surface area contributed by atoms with E-state index < -0.39 is 0 Å². The van der Waals surface area contributed by atoms with Crippen molar-refractivity contribution in [3.05, 3.63) is 0 Å². The Morgan fingerprint density at radius 3 is 2.15 bits per heavy atom. The molecule has 0 heterocycles. The van der Waals surface area contributed by atoms with Gasteiger partial charge in [-0.3, -0.25) is 9.59 Å². The zero-order valence-electron chi connectivity index (χ0n) is 12.7. The predicted octanol–water partition coefficient (Wildman–Crippen LogP) is 3.62. The van der Waals surface area contributed by atoms with Crippen LogP contribution in [-0.4, -0.2) is 31.6 Å². The lowest BCUT2D eigenvalue weighted by atomic mass is 10.1. The summed E-state index contributed by atoms with van der Waals surface area (Å²) < 4.78 is 10.3. The van der Waals surface area contributed by atoms with Gasteiger partial charge < -0.3 is 9.47 Å². The predicted molar refractivity (Wildman–Crippen MR) is 81.7 cm³/mol. The monoisotopic (exact) mass is 288 g/mol. The summed E-state index contributed by atoms with van der Waals surface area (Å²) in [4.78, 5) is 22.6. The normalized spacial score (nSPS) is 10.5. The molecule has 20 heavy (non-hydrogen) atoms. The van der Waals surface area contributed by atoms with Crippen LogP contribution in [0.25, 0.3) is 0 Å². The second-order valence-corrected chi connectivity index (χ2v) is 5.49. The van der Waals surface area contributed by atoms with Crippen LogP contribution < -0.4 is 0 Å². The van der Waals surface area contributed by atoms with Gasteiger partial charge in [0.2, 0.25) is 0 Å². The van der Waals surface area contributed by atoms with Crippen molar-refractivity contribution >= 4 is 11.8 Å². The third kappa shape index (κ3) is 13.5. The summed E-state index contributed by atoms with van der Waals surface area (Å²) in [6, 6.07) is 0. The fourth-order valence-electron chi connectivity index (χ4n) is 1.50. The van der Waals surface area contributed by atoms with E-state index in [1.165, 1.54) is 0 Å². The van der Waals surface area contributed by atoms with E-state index in [4.69, 9.17) is 9.47 Å². The van der Waals surface area contributed by atoms with Crippen LogP contribution in [0, 0.1) is 11.8 Å². The fraction of sp³-hybridized carbons (Fsp3) is 0.875. The number of hydrogen-bond acceptors (Lipinski definition) is 4. The molecule has 0 aromatic heterocycles. The summed E-state index contributed by atoms with van der Waals surface area (Å²) in [5, 5.41) is 0. The molecule has 0 amide bonds. The topological polar surface area (TPSA) is 52.6 Å². The summed E-state index contributed by atoms with van der Waals surface area (Å²) in [7, 11) is 0. The SMILES string of the molecule is C.CC(C)CCCOCCOC(=O)CCC(=O)C(C)C. The number of Topliss-reactive ketones (excluding diaryl/α,β-unsaturated/α-hetero) is 1. The minimum absolute atomic E-state index is 0. The van der Waals surface area contributed by atoms with Gasteiger partial charge in [-0.2, -0.15) is 0 Å². The maximum absolute atomic E-state index is 11.3. The molecule has 120 valence electrons. The third-order valence-corrected chi connectivity index (χ3v) is 2.78. The van der Waals surface area contributed by atoms with Crippen molar-refractivity contribution in [3.8, 4) is 0 Å². The Balaban J connectivity index is 0. The van der Waals surface area contributed by atoms with Crippen molar-refractivity contribution < 1.29 is 19.1 Å². The van der Waals surface area contributed by atoms with Crippen molar-refractivity contribution in [3.63, 3.8) is 0 Å². The largest absolute Gasteiger partial charge is 0.463 e. The number of esters is 1. The standard InChI is InChI=1S/C15H28O4.CH4/c1-12(2)6-5-9-18-10-11-19-15(17)8-7-14(16)13(3)4;/h12-13H,5-11H2,1-4H3;1H4. The smallest absolute Gasteiger partial charge is 0.306 e. The molecular formula is C16H32O4. The molecule has 0 saturated heterocycles. The number of ketones is 1. The summed E-state index contributed by atoms with van der Waals surface area (Å²) in [6.45, 7) is 9.44. The van der Waals surface area contributed by atoms with Gasteiger partial charge in [0, 0.05) is 18.9 Å². The molecule has 0 fully saturated rings. The quantitative estimate of drug-likeness (QED) is 0.430. The second-order valence-electron chi connectivity index (χ2n) is 5.49. The first-order valence-electron chi connectivity index (χ1n) is 7.19. The zero-order valence-corrected chi connectivity index (χ0v) is 12.7. The molecule has 0 atom stereocenters. The highest BCUT2D eigenvalue weighted by molar-refractivity contribution is 5.84. The molecule has 0 aromatic rings. The summed E-state index contributed by atoms with van der Waals surface area (Å²) >= 11 is 0. The van der Waals surface area contributed by atoms with Crippen LogP contribution in [0.5, 0.6) is 0 Å². The number of rotatable bonds is 11. The zero-order chi connectivity index (χ0) is 14.7. The summed E-state index contributed by atoms with van der Waals surface area (Å²) in [5.41, 5.74) is 0. The lowest BCUT2D eigenvalue weighted by molar-refractivity contribution is -0.146. The number of ether oxygens (including phenoxy) is 2. The van der Waals surface area contributed by atoms with E-state index >= 15 is 0 Å². The van der Waals surface area contributed by atoms with Crippen LogP contribution in [0.1, 0.15) is 60.8 Å². The van der Waals surface area contributed by atoms with Gasteiger partial charge in [-0.25, -0.2) is 0 Å². The Morgan fingerprint density at radius 2 is 1.60 bits per heavy atom. The van der Waals surface area contributed by atoms with Gasteiger partial charge in [-0.1, -0.05) is 35.1 Å². The van der Waals surface area contributed by atoms with Crippen molar-refractivity contribution in [2.45, 2.75) is 60.8 Å². The molecule has 0 N–H and O–H groups in total. The molecule has 0 saturated carbocycles. The molecule has 0 aliphatic rings. The molecule has 0 unspecified atom stereocenters. The van der Waals surface area contributed by atoms with E-state index in [9.17, 15) is 9.59 Å². The Kier molecular flexibility index (Phi) is 14.0. The minimum Gasteiger partial charge on any atom is -0.463 e. The van der Waals surface area contributed by atoms with Gasteiger partial charge in [0.25, 0.3) is 0 Å². The molecule has 4 nitrogen and oxygen atoms in total. The molecule has 4 heteroatoms. The van der Waals surface area contributed by atoms with E-state index in [0.29, 0.717) is 19.1 Å². The minimum atomic E-state index is -0.320. The maximum atomic E-state index is 11.3. The molecule has 0 rings (SSSR count). The Hall–Kier alpha value is -0.900. The van der Waals surface area contributed by atoms with Crippen LogP contribution in [0.15, 0.2) is 0 Å². The van der Waals surface area contributed by atoms with E-state index in [1.807, 2.05) is 13.8 Å².